The fraction of sp³-hybridized carbons (Fsp3) is 0. The summed E-state index contributed by atoms with van der Waals surface area (Å²) >= 11 is 0. The molecule has 0 aliphatic rings. The van der Waals surface area contributed by atoms with Crippen LogP contribution in [0.4, 0.5) is 5.69 Å². The van der Waals surface area contributed by atoms with Gasteiger partial charge in [0.15, 0.2) is 0 Å². The van der Waals surface area contributed by atoms with Crippen LogP contribution in [0.15, 0.2) is 82.7 Å². The van der Waals surface area contributed by atoms with Crippen molar-refractivity contribution in [2.75, 3.05) is 0 Å². The SMILES string of the molecule is O=[N+]([O-])c1c(S(=O)(=O)c2cccc3ccccc23)ccc2ncccc12. The summed E-state index contributed by atoms with van der Waals surface area (Å²) in [5.41, 5.74) is -0.0837. The predicted octanol–water partition coefficient (Wildman–Crippen LogP) is 4.13. The zero-order valence-corrected chi connectivity index (χ0v) is 14.2. The second-order valence-corrected chi connectivity index (χ2v) is 7.61. The van der Waals surface area contributed by atoms with E-state index in [1.807, 2.05) is 6.07 Å². The first-order valence-corrected chi connectivity index (χ1v) is 9.23. The third-order valence-electron chi connectivity index (χ3n) is 4.23. The Hall–Kier alpha value is -3.32. The molecule has 0 bridgehead atoms. The van der Waals surface area contributed by atoms with E-state index in [1.165, 1.54) is 30.5 Å². The van der Waals surface area contributed by atoms with Gasteiger partial charge in [0, 0.05) is 11.6 Å². The van der Waals surface area contributed by atoms with Crippen molar-refractivity contribution in [1.82, 2.24) is 4.98 Å². The van der Waals surface area contributed by atoms with Gasteiger partial charge in [-0.25, -0.2) is 8.42 Å². The number of nitro groups is 1. The molecule has 3 aromatic carbocycles. The molecular weight excluding hydrogens is 352 g/mol. The number of nitrogens with zero attached hydrogens (tertiary/aromatic N) is 2. The largest absolute Gasteiger partial charge is 0.297 e. The van der Waals surface area contributed by atoms with Crippen molar-refractivity contribution in [3.63, 3.8) is 0 Å². The molecule has 0 aliphatic heterocycles. The molecule has 1 aromatic heterocycles. The number of hydrogen-bond donors (Lipinski definition) is 0. The van der Waals surface area contributed by atoms with Gasteiger partial charge in [0.05, 0.1) is 20.7 Å². The Balaban J connectivity index is 2.08. The fourth-order valence-electron chi connectivity index (χ4n) is 3.07. The molecule has 26 heavy (non-hydrogen) atoms. The first-order chi connectivity index (χ1) is 12.5. The van der Waals surface area contributed by atoms with Gasteiger partial charge in [-0.2, -0.15) is 0 Å². The summed E-state index contributed by atoms with van der Waals surface area (Å²) in [6, 6.07) is 17.7. The van der Waals surface area contributed by atoms with Crippen LogP contribution >= 0.6 is 0 Å². The van der Waals surface area contributed by atoms with Gasteiger partial charge in [0.25, 0.3) is 5.69 Å². The Morgan fingerprint density at radius 1 is 0.808 bits per heavy atom. The van der Waals surface area contributed by atoms with Crippen molar-refractivity contribution in [3.8, 4) is 0 Å². The minimum absolute atomic E-state index is 0.0435. The maximum Gasteiger partial charge on any atom is 0.297 e. The summed E-state index contributed by atoms with van der Waals surface area (Å²) in [6.45, 7) is 0. The van der Waals surface area contributed by atoms with E-state index in [-0.39, 0.29) is 15.2 Å². The van der Waals surface area contributed by atoms with Crippen LogP contribution in [-0.2, 0) is 9.84 Å². The van der Waals surface area contributed by atoms with Gasteiger partial charge in [-0.15, -0.1) is 0 Å². The van der Waals surface area contributed by atoms with Crippen LogP contribution in [0, 0.1) is 10.1 Å². The first kappa shape index (κ1) is 16.2. The molecule has 0 fully saturated rings. The normalized spacial score (nSPS) is 11.7. The van der Waals surface area contributed by atoms with Crippen molar-refractivity contribution in [2.45, 2.75) is 9.79 Å². The van der Waals surface area contributed by atoms with Gasteiger partial charge in [0.2, 0.25) is 9.84 Å². The third kappa shape index (κ3) is 2.41. The summed E-state index contributed by atoms with van der Waals surface area (Å²) in [7, 11) is -4.10. The topological polar surface area (TPSA) is 90.2 Å². The summed E-state index contributed by atoms with van der Waals surface area (Å²) in [5.74, 6) is 0. The number of aromatic nitrogens is 1. The smallest absolute Gasteiger partial charge is 0.258 e. The molecule has 4 rings (SSSR count). The lowest BCUT2D eigenvalue weighted by atomic mass is 10.1. The molecule has 0 N–H and O–H groups in total. The van der Waals surface area contributed by atoms with E-state index in [4.69, 9.17) is 0 Å². The first-order valence-electron chi connectivity index (χ1n) is 7.75. The molecule has 0 saturated heterocycles. The summed E-state index contributed by atoms with van der Waals surface area (Å²) in [5, 5.41) is 13.2. The monoisotopic (exact) mass is 364 g/mol. The molecule has 0 saturated carbocycles. The van der Waals surface area contributed by atoms with E-state index in [0.29, 0.717) is 10.9 Å². The quantitative estimate of drug-likeness (QED) is 0.403. The van der Waals surface area contributed by atoms with Crippen molar-refractivity contribution in [3.05, 3.63) is 83.0 Å². The standard InChI is InChI=1S/C19H12N2O4S/c22-21(23)19-15-8-4-12-20-16(15)10-11-18(19)26(24,25)17-9-3-6-13-5-1-2-7-14(13)17/h1-12H. The Morgan fingerprint density at radius 2 is 1.54 bits per heavy atom. The van der Waals surface area contributed by atoms with Crippen LogP contribution in [0.25, 0.3) is 21.7 Å². The van der Waals surface area contributed by atoms with Crippen LogP contribution in [0.1, 0.15) is 0 Å². The summed E-state index contributed by atoms with van der Waals surface area (Å²) in [6.07, 6.45) is 1.50. The predicted molar refractivity (Wildman–Crippen MR) is 97.8 cm³/mol. The van der Waals surface area contributed by atoms with Gasteiger partial charge in [-0.1, -0.05) is 36.4 Å². The lowest BCUT2D eigenvalue weighted by molar-refractivity contribution is -0.386. The number of rotatable bonds is 3. The van der Waals surface area contributed by atoms with E-state index in [1.54, 1.807) is 36.4 Å². The zero-order chi connectivity index (χ0) is 18.3. The van der Waals surface area contributed by atoms with E-state index in [2.05, 4.69) is 4.98 Å². The van der Waals surface area contributed by atoms with Crippen LogP contribution in [0.5, 0.6) is 0 Å². The van der Waals surface area contributed by atoms with Gasteiger partial charge >= 0.3 is 0 Å². The number of pyridine rings is 1. The van der Waals surface area contributed by atoms with Gasteiger partial charge in [-0.3, -0.25) is 15.1 Å². The fourth-order valence-corrected chi connectivity index (χ4v) is 4.73. The number of benzene rings is 3. The third-order valence-corrected chi connectivity index (χ3v) is 6.07. The molecule has 0 atom stereocenters. The number of hydrogen-bond acceptors (Lipinski definition) is 5. The summed E-state index contributed by atoms with van der Waals surface area (Å²) in [4.78, 5) is 14.8. The number of sulfone groups is 1. The molecular formula is C19H12N2O4S. The molecule has 1 heterocycles. The highest BCUT2D eigenvalue weighted by molar-refractivity contribution is 7.92. The van der Waals surface area contributed by atoms with E-state index >= 15 is 0 Å². The van der Waals surface area contributed by atoms with Crippen LogP contribution in [-0.4, -0.2) is 18.3 Å². The van der Waals surface area contributed by atoms with Crippen molar-refractivity contribution in [2.24, 2.45) is 0 Å². The Labute approximate surface area is 148 Å². The maximum atomic E-state index is 13.3. The van der Waals surface area contributed by atoms with Crippen LogP contribution in [0.2, 0.25) is 0 Å². The lowest BCUT2D eigenvalue weighted by Gasteiger charge is -2.10. The van der Waals surface area contributed by atoms with Crippen LogP contribution < -0.4 is 0 Å². The van der Waals surface area contributed by atoms with Crippen molar-refractivity contribution >= 4 is 37.2 Å². The molecule has 0 spiro atoms. The molecule has 0 amide bonds. The van der Waals surface area contributed by atoms with Crippen molar-refractivity contribution < 1.29 is 13.3 Å². The van der Waals surface area contributed by atoms with Gasteiger partial charge in [0.1, 0.15) is 4.90 Å². The highest BCUT2D eigenvalue weighted by Crippen LogP contribution is 2.37. The number of fused-ring (bicyclic) bond motifs is 2. The molecule has 0 radical (unpaired) electrons. The minimum Gasteiger partial charge on any atom is -0.258 e. The molecule has 0 aliphatic carbocycles. The van der Waals surface area contributed by atoms with Crippen molar-refractivity contribution in [1.29, 1.82) is 0 Å². The molecule has 7 heteroatoms. The Bertz CT molecular complexity index is 1280. The second kappa shape index (κ2) is 5.89. The Morgan fingerprint density at radius 3 is 2.35 bits per heavy atom. The molecule has 6 nitrogen and oxygen atoms in total. The minimum atomic E-state index is -4.10. The highest BCUT2D eigenvalue weighted by atomic mass is 32.2. The van der Waals surface area contributed by atoms with Gasteiger partial charge in [-0.05, 0) is 35.7 Å². The molecule has 4 aromatic rings. The zero-order valence-electron chi connectivity index (χ0n) is 13.4. The average molecular weight is 364 g/mol. The van der Waals surface area contributed by atoms with E-state index in [0.717, 1.165) is 5.39 Å². The van der Waals surface area contributed by atoms with Gasteiger partial charge < -0.3 is 0 Å². The van der Waals surface area contributed by atoms with E-state index in [9.17, 15) is 18.5 Å². The molecule has 0 unspecified atom stereocenters. The van der Waals surface area contributed by atoms with Crippen LogP contribution in [0.3, 0.4) is 0 Å². The second-order valence-electron chi connectivity index (χ2n) is 5.72. The maximum absolute atomic E-state index is 13.3. The lowest BCUT2D eigenvalue weighted by Crippen LogP contribution is -2.07. The highest BCUT2D eigenvalue weighted by Gasteiger charge is 2.31. The molecule has 128 valence electrons. The Kier molecular flexibility index (Phi) is 3.66. The summed E-state index contributed by atoms with van der Waals surface area (Å²) < 4.78 is 26.6. The average Bonchev–Trinajstić information content (AvgIpc) is 2.66. The van der Waals surface area contributed by atoms with E-state index < -0.39 is 20.4 Å². The number of nitro benzene ring substituents is 1.